The predicted molar refractivity (Wildman–Crippen MR) is 111 cm³/mol. The zero-order valence-electron chi connectivity index (χ0n) is 16.5. The van der Waals surface area contributed by atoms with Crippen LogP contribution in [0.25, 0.3) is 10.9 Å². The van der Waals surface area contributed by atoms with Crippen LogP contribution in [0, 0.1) is 0 Å². The molecule has 0 radical (unpaired) electrons. The smallest absolute Gasteiger partial charge is 0.268 e. The van der Waals surface area contributed by atoms with Crippen molar-refractivity contribution in [1.29, 1.82) is 0 Å². The third-order valence-electron chi connectivity index (χ3n) is 5.73. The van der Waals surface area contributed by atoms with Gasteiger partial charge in [0.1, 0.15) is 5.69 Å². The highest BCUT2D eigenvalue weighted by atomic mass is 16.2. The Kier molecular flexibility index (Phi) is 4.67. The highest BCUT2D eigenvalue weighted by Gasteiger charge is 2.29. The minimum absolute atomic E-state index is 0.0367. The number of amides is 2. The van der Waals surface area contributed by atoms with E-state index in [4.69, 9.17) is 0 Å². The Morgan fingerprint density at radius 3 is 2.89 bits per heavy atom. The van der Waals surface area contributed by atoms with Gasteiger partial charge in [-0.05, 0) is 51.0 Å². The van der Waals surface area contributed by atoms with Gasteiger partial charge in [0.25, 0.3) is 11.8 Å². The number of allylic oxidation sites excluding steroid dienone is 5. The fraction of sp³-hybridized carbons (Fsp3) is 0.304. The van der Waals surface area contributed by atoms with E-state index in [2.05, 4.69) is 30.6 Å². The SMILES string of the molecule is CCC1=CC=CC(NC(=O)c2ccc3cc4n(c3c2)C(C)C(C)NC4=O)=CC1. The van der Waals surface area contributed by atoms with Gasteiger partial charge in [0.05, 0.1) is 6.04 Å². The highest BCUT2D eigenvalue weighted by Crippen LogP contribution is 2.30. The van der Waals surface area contributed by atoms with E-state index in [-0.39, 0.29) is 23.9 Å². The van der Waals surface area contributed by atoms with Crippen LogP contribution >= 0.6 is 0 Å². The van der Waals surface area contributed by atoms with Gasteiger partial charge < -0.3 is 15.2 Å². The maximum absolute atomic E-state index is 12.8. The number of hydrogen-bond acceptors (Lipinski definition) is 2. The lowest BCUT2D eigenvalue weighted by atomic mass is 10.1. The molecule has 2 unspecified atom stereocenters. The molecule has 0 saturated heterocycles. The molecule has 0 fully saturated rings. The Morgan fingerprint density at radius 1 is 1.29 bits per heavy atom. The lowest BCUT2D eigenvalue weighted by Gasteiger charge is -2.30. The van der Waals surface area contributed by atoms with Crippen molar-refractivity contribution in [3.63, 3.8) is 0 Å². The molecule has 1 aliphatic carbocycles. The van der Waals surface area contributed by atoms with E-state index in [9.17, 15) is 9.59 Å². The number of hydrogen-bond donors (Lipinski definition) is 2. The molecule has 5 heteroatoms. The highest BCUT2D eigenvalue weighted by molar-refractivity contribution is 6.03. The average molecular weight is 375 g/mol. The van der Waals surface area contributed by atoms with Gasteiger partial charge in [-0.2, -0.15) is 0 Å². The summed E-state index contributed by atoms with van der Waals surface area (Å²) in [6.45, 7) is 6.21. The molecule has 2 amide bonds. The van der Waals surface area contributed by atoms with Crippen molar-refractivity contribution >= 4 is 22.7 Å². The second-order valence-electron chi connectivity index (χ2n) is 7.53. The first-order chi connectivity index (χ1) is 13.5. The molecular weight excluding hydrogens is 350 g/mol. The second-order valence-corrected chi connectivity index (χ2v) is 7.53. The maximum Gasteiger partial charge on any atom is 0.268 e. The summed E-state index contributed by atoms with van der Waals surface area (Å²) in [4.78, 5) is 25.2. The van der Waals surface area contributed by atoms with Gasteiger partial charge in [0.2, 0.25) is 0 Å². The molecule has 28 heavy (non-hydrogen) atoms. The van der Waals surface area contributed by atoms with Gasteiger partial charge in [-0.1, -0.05) is 36.8 Å². The van der Waals surface area contributed by atoms with E-state index in [0.717, 1.165) is 29.4 Å². The van der Waals surface area contributed by atoms with Crippen LogP contribution in [-0.4, -0.2) is 22.4 Å². The number of fused-ring (bicyclic) bond motifs is 3. The van der Waals surface area contributed by atoms with Crippen LogP contribution in [0.5, 0.6) is 0 Å². The summed E-state index contributed by atoms with van der Waals surface area (Å²) in [5, 5.41) is 6.96. The minimum Gasteiger partial charge on any atom is -0.346 e. The van der Waals surface area contributed by atoms with Gasteiger partial charge in [-0.3, -0.25) is 9.59 Å². The molecule has 0 bridgehead atoms. The van der Waals surface area contributed by atoms with Gasteiger partial charge >= 0.3 is 0 Å². The standard InChI is InChI=1S/C23H25N3O2/c1-4-16-6-5-7-19(11-8-16)25-22(27)18-10-9-17-12-21-23(28)24-14(2)15(3)26(21)20(17)13-18/h5-7,9-15H,4,8H2,1-3H3,(H,24,28)(H,25,27). The first-order valence-electron chi connectivity index (χ1n) is 9.81. The van der Waals surface area contributed by atoms with Crippen molar-refractivity contribution in [3.05, 3.63) is 71.1 Å². The molecule has 0 saturated carbocycles. The third-order valence-corrected chi connectivity index (χ3v) is 5.73. The van der Waals surface area contributed by atoms with Crippen molar-refractivity contribution in [3.8, 4) is 0 Å². The second kappa shape index (κ2) is 7.15. The molecule has 1 aliphatic heterocycles. The minimum atomic E-state index is -0.144. The quantitative estimate of drug-likeness (QED) is 0.843. The molecule has 2 N–H and O–H groups in total. The Hall–Kier alpha value is -3.08. The molecule has 1 aromatic carbocycles. The Morgan fingerprint density at radius 2 is 2.11 bits per heavy atom. The summed E-state index contributed by atoms with van der Waals surface area (Å²) in [5.74, 6) is -0.213. The summed E-state index contributed by atoms with van der Waals surface area (Å²) < 4.78 is 2.04. The Balaban J connectivity index is 1.64. The third kappa shape index (κ3) is 3.17. The lowest BCUT2D eigenvalue weighted by Crippen LogP contribution is -2.44. The molecule has 1 aromatic heterocycles. The number of aromatic nitrogens is 1. The summed E-state index contributed by atoms with van der Waals surface area (Å²) >= 11 is 0. The van der Waals surface area contributed by atoms with Crippen molar-refractivity contribution in [1.82, 2.24) is 15.2 Å². The molecule has 4 rings (SSSR count). The van der Waals surface area contributed by atoms with Crippen LogP contribution in [0.2, 0.25) is 0 Å². The van der Waals surface area contributed by atoms with Crippen LogP contribution < -0.4 is 10.6 Å². The average Bonchev–Trinajstić information content (AvgIpc) is 2.93. The molecule has 5 nitrogen and oxygen atoms in total. The lowest BCUT2D eigenvalue weighted by molar-refractivity contribution is 0.0891. The summed E-state index contributed by atoms with van der Waals surface area (Å²) in [7, 11) is 0. The number of nitrogens with zero attached hydrogens (tertiary/aromatic N) is 1. The van der Waals surface area contributed by atoms with Crippen LogP contribution in [0.3, 0.4) is 0 Å². The Bertz CT molecular complexity index is 1060. The topological polar surface area (TPSA) is 63.1 Å². The number of carbonyl (C=O) groups is 2. The van der Waals surface area contributed by atoms with Gasteiger partial charge in [-0.25, -0.2) is 0 Å². The monoisotopic (exact) mass is 375 g/mol. The van der Waals surface area contributed by atoms with Gasteiger partial charge in [0, 0.05) is 28.2 Å². The number of benzene rings is 1. The van der Waals surface area contributed by atoms with Crippen LogP contribution in [0.4, 0.5) is 0 Å². The fourth-order valence-corrected chi connectivity index (χ4v) is 3.82. The zero-order valence-corrected chi connectivity index (χ0v) is 16.5. The molecule has 2 aromatic rings. The van der Waals surface area contributed by atoms with Crippen molar-refractivity contribution in [2.75, 3.05) is 0 Å². The van der Waals surface area contributed by atoms with Crippen molar-refractivity contribution in [2.24, 2.45) is 0 Å². The molecule has 144 valence electrons. The number of nitrogens with one attached hydrogen (secondary N) is 2. The van der Waals surface area contributed by atoms with Crippen LogP contribution in [0.15, 0.2) is 59.8 Å². The van der Waals surface area contributed by atoms with E-state index < -0.39 is 0 Å². The van der Waals surface area contributed by atoms with Crippen molar-refractivity contribution < 1.29 is 9.59 Å². The summed E-state index contributed by atoms with van der Waals surface area (Å²) in [5.41, 5.74) is 4.29. The zero-order chi connectivity index (χ0) is 19.8. The maximum atomic E-state index is 12.8. The molecular formula is C23H25N3O2. The molecule has 2 heterocycles. The van der Waals surface area contributed by atoms with Crippen LogP contribution in [-0.2, 0) is 0 Å². The van der Waals surface area contributed by atoms with Gasteiger partial charge in [-0.15, -0.1) is 0 Å². The summed E-state index contributed by atoms with van der Waals surface area (Å²) in [6, 6.07) is 7.65. The molecule has 2 atom stereocenters. The number of carbonyl (C=O) groups excluding carboxylic acids is 2. The molecule has 0 spiro atoms. The normalized spacial score (nSPS) is 21.5. The van der Waals surface area contributed by atoms with Crippen molar-refractivity contribution in [2.45, 2.75) is 45.7 Å². The first kappa shape index (κ1) is 18.3. The summed E-state index contributed by atoms with van der Waals surface area (Å²) in [6.07, 6.45) is 9.89. The van der Waals surface area contributed by atoms with Gasteiger partial charge in [0.15, 0.2) is 0 Å². The first-order valence-corrected chi connectivity index (χ1v) is 9.81. The fourth-order valence-electron chi connectivity index (χ4n) is 3.82. The molecule has 2 aliphatic rings. The van der Waals surface area contributed by atoms with E-state index >= 15 is 0 Å². The van der Waals surface area contributed by atoms with E-state index in [1.54, 1.807) is 0 Å². The van der Waals surface area contributed by atoms with E-state index in [0.29, 0.717) is 11.3 Å². The largest absolute Gasteiger partial charge is 0.346 e. The predicted octanol–water partition coefficient (Wildman–Crippen LogP) is 4.24. The van der Waals surface area contributed by atoms with E-state index in [1.165, 1.54) is 5.57 Å². The van der Waals surface area contributed by atoms with Crippen LogP contribution in [0.1, 0.15) is 60.5 Å². The van der Waals surface area contributed by atoms with E-state index in [1.807, 2.05) is 54.0 Å². The number of rotatable bonds is 3. The Labute approximate surface area is 164 Å².